The Morgan fingerprint density at radius 2 is 2.00 bits per heavy atom. The minimum absolute atomic E-state index is 0.144. The molecule has 5 rings (SSSR count). The zero-order valence-corrected chi connectivity index (χ0v) is 17.3. The van der Waals surface area contributed by atoms with Gasteiger partial charge in [-0.15, -0.1) is 0 Å². The summed E-state index contributed by atoms with van der Waals surface area (Å²) < 4.78 is 6.23. The number of nitrogens with zero attached hydrogens (tertiary/aromatic N) is 2. The predicted molar refractivity (Wildman–Crippen MR) is 121 cm³/mol. The van der Waals surface area contributed by atoms with Crippen LogP contribution in [0, 0.1) is 6.92 Å². The molecule has 0 unspecified atom stereocenters. The summed E-state index contributed by atoms with van der Waals surface area (Å²) in [6, 6.07) is 16.9. The maximum atomic E-state index is 9.69. The molecule has 0 bridgehead atoms. The maximum Gasteiger partial charge on any atom is 0.143 e. The van der Waals surface area contributed by atoms with E-state index in [1.165, 1.54) is 16.7 Å². The predicted octanol–water partition coefficient (Wildman–Crippen LogP) is 4.53. The van der Waals surface area contributed by atoms with Gasteiger partial charge in [0.2, 0.25) is 0 Å². The topological polar surface area (TPSA) is 61.4 Å². The van der Waals surface area contributed by atoms with Crippen molar-refractivity contribution < 1.29 is 9.84 Å². The van der Waals surface area contributed by atoms with Gasteiger partial charge in [-0.3, -0.25) is 4.90 Å². The molecule has 0 atom stereocenters. The largest absolute Gasteiger partial charge is 0.490 e. The number of pyridine rings is 1. The Bertz CT molecular complexity index is 1180. The smallest absolute Gasteiger partial charge is 0.143 e. The first kappa shape index (κ1) is 19.1. The maximum absolute atomic E-state index is 9.69. The molecule has 5 nitrogen and oxygen atoms in total. The number of aromatic nitrogens is 2. The van der Waals surface area contributed by atoms with Gasteiger partial charge < -0.3 is 14.8 Å². The van der Waals surface area contributed by atoms with Gasteiger partial charge >= 0.3 is 0 Å². The molecule has 30 heavy (non-hydrogen) atoms. The van der Waals surface area contributed by atoms with Crippen molar-refractivity contribution >= 4 is 21.9 Å². The molecular weight excluding hydrogens is 374 g/mol. The number of benzene rings is 2. The van der Waals surface area contributed by atoms with Gasteiger partial charge in [0.15, 0.2) is 0 Å². The normalized spacial score (nSPS) is 15.8. The van der Waals surface area contributed by atoms with Crippen LogP contribution in [0.25, 0.3) is 33.1 Å². The van der Waals surface area contributed by atoms with E-state index < -0.39 is 0 Å². The van der Waals surface area contributed by atoms with Crippen LogP contribution < -0.4 is 4.74 Å². The van der Waals surface area contributed by atoms with E-state index in [1.807, 2.05) is 12.3 Å². The molecule has 1 saturated heterocycles. The van der Waals surface area contributed by atoms with E-state index in [0.717, 1.165) is 60.2 Å². The fraction of sp³-hybridized carbons (Fsp3) is 0.320. The van der Waals surface area contributed by atoms with Gasteiger partial charge in [0, 0.05) is 36.6 Å². The third-order valence-corrected chi connectivity index (χ3v) is 6.04. The molecule has 154 valence electrons. The lowest BCUT2D eigenvalue weighted by molar-refractivity contribution is 0.0756. The van der Waals surface area contributed by atoms with Crippen molar-refractivity contribution in [3.05, 3.63) is 60.3 Å². The molecule has 0 spiro atoms. The third kappa shape index (κ3) is 3.66. The van der Waals surface area contributed by atoms with Crippen LogP contribution in [0.1, 0.15) is 18.4 Å². The number of rotatable bonds is 5. The Hall–Kier alpha value is -2.89. The van der Waals surface area contributed by atoms with Gasteiger partial charge in [-0.1, -0.05) is 29.8 Å². The number of hydrogen-bond donors (Lipinski definition) is 2. The summed E-state index contributed by atoms with van der Waals surface area (Å²) in [5.74, 6) is 0.858. The fourth-order valence-electron chi connectivity index (χ4n) is 4.41. The van der Waals surface area contributed by atoms with Gasteiger partial charge in [0.1, 0.15) is 18.0 Å². The molecule has 2 N–H and O–H groups in total. The number of aromatic amines is 1. The molecule has 2 aromatic heterocycles. The van der Waals surface area contributed by atoms with Crippen LogP contribution in [0.4, 0.5) is 0 Å². The number of aliphatic hydroxyl groups is 1. The fourth-order valence-corrected chi connectivity index (χ4v) is 4.41. The number of aliphatic hydroxyl groups excluding tert-OH is 1. The van der Waals surface area contributed by atoms with E-state index >= 15 is 0 Å². The molecule has 0 aliphatic carbocycles. The highest BCUT2D eigenvalue weighted by Crippen LogP contribution is 2.38. The van der Waals surface area contributed by atoms with Crippen LogP contribution in [0.3, 0.4) is 0 Å². The van der Waals surface area contributed by atoms with Gasteiger partial charge in [0.25, 0.3) is 0 Å². The van der Waals surface area contributed by atoms with E-state index in [1.54, 1.807) is 0 Å². The van der Waals surface area contributed by atoms with Crippen molar-refractivity contribution in [2.45, 2.75) is 25.9 Å². The zero-order chi connectivity index (χ0) is 20.5. The lowest BCUT2D eigenvalue weighted by Crippen LogP contribution is -2.38. The number of ether oxygens (including phenoxy) is 1. The molecule has 3 heterocycles. The first-order chi connectivity index (χ1) is 14.7. The minimum Gasteiger partial charge on any atom is -0.490 e. The summed E-state index contributed by atoms with van der Waals surface area (Å²) in [4.78, 5) is 10.4. The Balaban J connectivity index is 1.49. The van der Waals surface area contributed by atoms with Crippen molar-refractivity contribution in [2.24, 2.45) is 0 Å². The Labute approximate surface area is 176 Å². The molecule has 2 aromatic carbocycles. The van der Waals surface area contributed by atoms with Crippen molar-refractivity contribution in [1.82, 2.24) is 14.9 Å². The van der Waals surface area contributed by atoms with Crippen LogP contribution in [0.5, 0.6) is 5.75 Å². The van der Waals surface area contributed by atoms with E-state index in [-0.39, 0.29) is 6.10 Å². The van der Waals surface area contributed by atoms with Crippen molar-refractivity contribution in [1.29, 1.82) is 0 Å². The molecule has 4 aromatic rings. The lowest BCUT2D eigenvalue weighted by Gasteiger charge is -2.29. The molecule has 0 saturated carbocycles. The second kappa shape index (κ2) is 8.09. The average Bonchev–Trinajstić information content (AvgIpc) is 3.15. The second-order valence-electron chi connectivity index (χ2n) is 8.18. The Morgan fingerprint density at radius 1 is 1.13 bits per heavy atom. The Kier molecular flexibility index (Phi) is 5.15. The van der Waals surface area contributed by atoms with Crippen LogP contribution in [0.2, 0.25) is 0 Å². The summed E-state index contributed by atoms with van der Waals surface area (Å²) >= 11 is 0. The molecule has 1 aliphatic heterocycles. The van der Waals surface area contributed by atoms with E-state index in [2.05, 4.69) is 64.3 Å². The molecule has 5 heteroatoms. The van der Waals surface area contributed by atoms with Crippen molar-refractivity contribution in [3.63, 3.8) is 0 Å². The highest BCUT2D eigenvalue weighted by Gasteiger charge is 2.18. The monoisotopic (exact) mass is 401 g/mol. The molecule has 0 amide bonds. The summed E-state index contributed by atoms with van der Waals surface area (Å²) in [7, 11) is 0. The summed E-state index contributed by atoms with van der Waals surface area (Å²) in [5.41, 5.74) is 5.50. The molecular formula is C25H27N3O2. The summed E-state index contributed by atoms with van der Waals surface area (Å²) in [5, 5.41) is 12.0. The van der Waals surface area contributed by atoms with Crippen LogP contribution in [-0.4, -0.2) is 52.3 Å². The van der Waals surface area contributed by atoms with Crippen molar-refractivity contribution in [2.75, 3.05) is 26.2 Å². The molecule has 1 aliphatic rings. The number of hydrogen-bond acceptors (Lipinski definition) is 4. The van der Waals surface area contributed by atoms with Gasteiger partial charge in [-0.25, -0.2) is 4.98 Å². The van der Waals surface area contributed by atoms with Crippen molar-refractivity contribution in [3.8, 4) is 16.9 Å². The van der Waals surface area contributed by atoms with Gasteiger partial charge in [-0.2, -0.15) is 0 Å². The highest BCUT2D eigenvalue weighted by atomic mass is 16.5. The van der Waals surface area contributed by atoms with Gasteiger partial charge in [0.05, 0.1) is 11.6 Å². The number of likely N-dealkylation sites (tertiary alicyclic amines) is 1. The van der Waals surface area contributed by atoms with E-state index in [0.29, 0.717) is 6.61 Å². The number of fused-ring (bicyclic) bond motifs is 3. The number of piperidine rings is 1. The zero-order valence-electron chi connectivity index (χ0n) is 17.3. The van der Waals surface area contributed by atoms with E-state index in [4.69, 9.17) is 4.74 Å². The SMILES string of the molecule is Cc1cccc(-c2ccc(OCCN3CCC(O)CC3)c3[nH]c4ncccc4c23)c1. The first-order valence-corrected chi connectivity index (χ1v) is 10.7. The first-order valence-electron chi connectivity index (χ1n) is 10.7. The average molecular weight is 402 g/mol. The van der Waals surface area contributed by atoms with Gasteiger partial charge in [-0.05, 0) is 55.2 Å². The number of H-pyrrole nitrogens is 1. The lowest BCUT2D eigenvalue weighted by atomic mass is 9.98. The standard InChI is InChI=1S/C25H27N3O2/c1-17-4-2-5-18(16-17)20-7-8-22(30-15-14-28-12-9-19(29)10-13-28)24-23(20)21-6-3-11-26-25(21)27-24/h2-8,11,16,19,29H,9-10,12-15H2,1H3,(H,26,27). The third-order valence-electron chi connectivity index (χ3n) is 6.04. The highest BCUT2D eigenvalue weighted by molar-refractivity contribution is 6.15. The summed E-state index contributed by atoms with van der Waals surface area (Å²) in [6.45, 7) is 5.48. The minimum atomic E-state index is -0.144. The summed E-state index contributed by atoms with van der Waals surface area (Å²) in [6.07, 6.45) is 3.37. The van der Waals surface area contributed by atoms with Crippen LogP contribution >= 0.6 is 0 Å². The van der Waals surface area contributed by atoms with Crippen LogP contribution in [-0.2, 0) is 0 Å². The second-order valence-corrected chi connectivity index (χ2v) is 8.18. The number of nitrogens with one attached hydrogen (secondary N) is 1. The van der Waals surface area contributed by atoms with E-state index in [9.17, 15) is 5.11 Å². The molecule has 1 fully saturated rings. The Morgan fingerprint density at radius 3 is 2.83 bits per heavy atom. The molecule has 0 radical (unpaired) electrons. The number of aryl methyl sites for hydroxylation is 1. The quantitative estimate of drug-likeness (QED) is 0.516. The van der Waals surface area contributed by atoms with Crippen LogP contribution in [0.15, 0.2) is 54.7 Å².